The van der Waals surface area contributed by atoms with Crippen LogP contribution in [0.5, 0.6) is 0 Å². The number of aliphatic hydroxyl groups is 3. The predicted molar refractivity (Wildman–Crippen MR) is 111 cm³/mol. The Labute approximate surface area is 193 Å². The molecule has 0 bridgehead atoms. The molecule has 0 spiro atoms. The molecule has 0 saturated carbocycles. The molecular weight excluding hydrogens is 468 g/mol. The molecule has 1 aliphatic rings. The summed E-state index contributed by atoms with van der Waals surface area (Å²) in [6.45, 7) is 1.88. The maximum atomic E-state index is 12.0. The number of carbonyl (C=O) groups is 1. The monoisotopic (exact) mass is 499 g/mol. The summed E-state index contributed by atoms with van der Waals surface area (Å²) in [5.74, 6) is -0.608. The summed E-state index contributed by atoms with van der Waals surface area (Å²) >= 11 is -2.82. The Bertz CT molecular complexity index is 626. The van der Waals surface area contributed by atoms with Gasteiger partial charge >= 0.3 is 0 Å². The van der Waals surface area contributed by atoms with E-state index in [2.05, 4.69) is 15.3 Å². The third-order valence-corrected chi connectivity index (χ3v) is 5.17. The predicted octanol–water partition coefficient (Wildman–Crippen LogP) is -2.44. The topological polar surface area (TPSA) is 225 Å². The van der Waals surface area contributed by atoms with Crippen LogP contribution in [0, 0.1) is 0 Å². The van der Waals surface area contributed by atoms with Gasteiger partial charge in [0, 0.05) is 17.9 Å². The summed E-state index contributed by atoms with van der Waals surface area (Å²) in [6, 6.07) is -1.39. The van der Waals surface area contributed by atoms with E-state index in [1.807, 2.05) is 0 Å². The minimum absolute atomic E-state index is 0.0233. The van der Waals surface area contributed by atoms with Crippen LogP contribution in [0.3, 0.4) is 0 Å². The highest BCUT2D eigenvalue weighted by atomic mass is 32.2. The number of ether oxygens (including phenoxy) is 5. The van der Waals surface area contributed by atoms with Gasteiger partial charge in [-0.3, -0.25) is 9.00 Å². The highest BCUT2D eigenvalue weighted by Crippen LogP contribution is 2.22. The molecule has 0 radical (unpaired) electrons. The zero-order valence-electron chi connectivity index (χ0n) is 18.0. The van der Waals surface area contributed by atoms with Gasteiger partial charge in [-0.15, -0.1) is 0 Å². The zero-order valence-corrected chi connectivity index (χ0v) is 18.8. The van der Waals surface area contributed by atoms with Crippen molar-refractivity contribution < 1.29 is 52.6 Å². The first kappa shape index (κ1) is 29.6. The van der Waals surface area contributed by atoms with Crippen LogP contribution in [0.1, 0.15) is 6.42 Å². The highest BCUT2D eigenvalue weighted by molar-refractivity contribution is 7.79. The summed E-state index contributed by atoms with van der Waals surface area (Å²) in [7, 11) is 0. The first-order chi connectivity index (χ1) is 15.9. The van der Waals surface area contributed by atoms with Crippen LogP contribution < -0.4 is 5.32 Å². The van der Waals surface area contributed by atoms with Crippen LogP contribution in [0.4, 0.5) is 0 Å². The van der Waals surface area contributed by atoms with Crippen molar-refractivity contribution in [2.75, 3.05) is 66.0 Å². The Morgan fingerprint density at radius 3 is 2.09 bits per heavy atom. The average Bonchev–Trinajstić information content (AvgIpc) is 2.79. The second-order valence-corrected chi connectivity index (χ2v) is 7.70. The number of aliphatic hydroxyl groups excluding tert-OH is 3. The normalized spacial score (nSPS) is 25.9. The molecule has 6 atom stereocenters. The van der Waals surface area contributed by atoms with Crippen LogP contribution in [0.2, 0.25) is 0 Å². The Morgan fingerprint density at radius 1 is 1.03 bits per heavy atom. The lowest BCUT2D eigenvalue weighted by Crippen LogP contribution is -2.65. The van der Waals surface area contributed by atoms with Gasteiger partial charge in [0.2, 0.25) is 5.91 Å². The molecule has 1 saturated heterocycles. The molecule has 33 heavy (non-hydrogen) atoms. The molecule has 0 aromatic carbocycles. The van der Waals surface area contributed by atoms with Crippen molar-refractivity contribution in [3.05, 3.63) is 10.4 Å². The van der Waals surface area contributed by atoms with Gasteiger partial charge in [-0.2, -0.15) is 0 Å². The molecule has 4 N–H and O–H groups in total. The fourth-order valence-corrected chi connectivity index (χ4v) is 3.44. The first-order valence-electron chi connectivity index (χ1n) is 10.2. The van der Waals surface area contributed by atoms with Gasteiger partial charge in [-0.1, -0.05) is 5.11 Å². The summed E-state index contributed by atoms with van der Waals surface area (Å²) in [6.07, 6.45) is -4.60. The van der Waals surface area contributed by atoms with Gasteiger partial charge in [0.25, 0.3) is 0 Å². The second-order valence-electron chi connectivity index (χ2n) is 6.71. The average molecular weight is 500 g/mol. The second kappa shape index (κ2) is 18.0. The number of amides is 1. The lowest BCUT2D eigenvalue weighted by atomic mass is 9.98. The summed E-state index contributed by atoms with van der Waals surface area (Å²) in [5, 5.41) is 34.7. The summed E-state index contributed by atoms with van der Waals surface area (Å²) in [5.41, 5.74) is 6.47. The summed E-state index contributed by atoms with van der Waals surface area (Å²) in [4.78, 5) is 14.6. The van der Waals surface area contributed by atoms with Crippen molar-refractivity contribution in [1.29, 1.82) is 0 Å². The van der Waals surface area contributed by atoms with E-state index in [1.165, 1.54) is 0 Å². The number of nitrogens with one attached hydrogen (secondary N) is 1. The largest absolute Gasteiger partial charge is 0.770 e. The fourth-order valence-electron chi connectivity index (χ4n) is 2.74. The van der Waals surface area contributed by atoms with E-state index in [9.17, 15) is 23.8 Å². The van der Waals surface area contributed by atoms with Crippen LogP contribution in [-0.4, -0.2) is 126 Å². The van der Waals surface area contributed by atoms with Crippen LogP contribution in [-0.2, 0) is 39.6 Å². The quantitative estimate of drug-likeness (QED) is 0.0509. The molecule has 0 aromatic heterocycles. The number of rotatable bonds is 18. The van der Waals surface area contributed by atoms with E-state index in [4.69, 9.17) is 34.3 Å². The van der Waals surface area contributed by atoms with Gasteiger partial charge in [0.1, 0.15) is 23.7 Å². The van der Waals surface area contributed by atoms with Crippen molar-refractivity contribution in [3.63, 3.8) is 0 Å². The first-order valence-corrected chi connectivity index (χ1v) is 11.4. The molecule has 16 heteroatoms. The minimum atomic E-state index is -2.82. The van der Waals surface area contributed by atoms with E-state index in [1.54, 1.807) is 0 Å². The molecule has 1 rings (SSSR count). The lowest BCUT2D eigenvalue weighted by Gasteiger charge is -2.43. The smallest absolute Gasteiger partial charge is 0.222 e. The van der Waals surface area contributed by atoms with Crippen molar-refractivity contribution in [1.82, 2.24) is 5.32 Å². The van der Waals surface area contributed by atoms with Crippen molar-refractivity contribution >= 4 is 17.0 Å². The van der Waals surface area contributed by atoms with E-state index < -0.39 is 53.4 Å². The Balaban J connectivity index is 2.08. The van der Waals surface area contributed by atoms with E-state index >= 15 is 0 Å². The van der Waals surface area contributed by atoms with Crippen LogP contribution >= 0.6 is 0 Å². The fraction of sp³-hybridized carbons (Fsp3) is 0.941. The molecule has 192 valence electrons. The molecule has 15 nitrogen and oxygen atoms in total. The van der Waals surface area contributed by atoms with Crippen molar-refractivity contribution in [2.45, 2.75) is 36.2 Å². The van der Waals surface area contributed by atoms with E-state index in [0.717, 1.165) is 0 Å². The van der Waals surface area contributed by atoms with Gasteiger partial charge in [-0.25, -0.2) is 0 Å². The Morgan fingerprint density at radius 2 is 1.58 bits per heavy atom. The van der Waals surface area contributed by atoms with Crippen LogP contribution in [0.15, 0.2) is 5.11 Å². The Hall–Kier alpha value is -1.43. The van der Waals surface area contributed by atoms with Gasteiger partial charge in [0.05, 0.1) is 65.5 Å². The third kappa shape index (κ3) is 12.0. The van der Waals surface area contributed by atoms with Crippen molar-refractivity contribution in [3.8, 4) is 0 Å². The zero-order chi connectivity index (χ0) is 24.5. The molecule has 0 aromatic rings. The highest BCUT2D eigenvalue weighted by Gasteiger charge is 2.45. The lowest BCUT2D eigenvalue weighted by molar-refractivity contribution is -0.175. The van der Waals surface area contributed by atoms with Crippen molar-refractivity contribution in [2.24, 2.45) is 5.11 Å². The minimum Gasteiger partial charge on any atom is -0.770 e. The van der Waals surface area contributed by atoms with E-state index in [0.29, 0.717) is 33.0 Å². The van der Waals surface area contributed by atoms with E-state index in [-0.39, 0.29) is 32.8 Å². The van der Waals surface area contributed by atoms with Gasteiger partial charge < -0.3 is 48.9 Å². The molecule has 1 fully saturated rings. The third-order valence-electron chi connectivity index (χ3n) is 4.39. The standard InChI is InChI=1S/C17H32N4O11S/c18-21-19-2-4-29-6-8-31-10-9-30-7-5-28-3-1-13(23)20-14-16(25)15(24)12(11-22)32-17(14)33(26)27/h12,14-17,22,24-25H,1-11H2,(H,20,23)(H,26,27)/p-1/t12-,14-,15-,16-,17?/m1/s1. The molecular formula is C17H31N4O11S-. The number of carbonyl (C=O) groups excluding carboxylic acids is 1. The number of hydrogen-bond donors (Lipinski definition) is 4. The summed E-state index contributed by atoms with van der Waals surface area (Å²) < 4.78 is 48.7. The number of hydrogen-bond acceptors (Lipinski definition) is 12. The maximum Gasteiger partial charge on any atom is 0.222 e. The number of azide groups is 1. The molecule has 1 amide bonds. The van der Waals surface area contributed by atoms with Crippen LogP contribution in [0.25, 0.3) is 10.4 Å². The molecule has 1 aliphatic heterocycles. The Kier molecular flexibility index (Phi) is 16.1. The molecule has 0 aliphatic carbocycles. The number of nitrogens with zero attached hydrogens (tertiary/aromatic N) is 3. The van der Waals surface area contributed by atoms with Gasteiger partial charge in [-0.05, 0) is 16.6 Å². The van der Waals surface area contributed by atoms with Gasteiger partial charge in [0.15, 0.2) is 0 Å². The SMILES string of the molecule is [N-]=[N+]=NCCOCCOCCOCCOCCC(=O)N[C@H]1C(S(=O)[O-])O[C@H](CO)[C@@H](O)[C@@H]1O. The maximum absolute atomic E-state index is 12.0. The molecule has 1 heterocycles. The molecule has 2 unspecified atom stereocenters.